The number of carbonyl (C=O) groups is 3. The average Bonchev–Trinajstić information content (AvgIpc) is 3.20. The number of carbonyl (C=O) groups excluding carboxylic acids is 2. The summed E-state index contributed by atoms with van der Waals surface area (Å²) in [4.78, 5) is 50.4. The number of aromatic nitrogens is 2. The third kappa shape index (κ3) is 7.41. The van der Waals surface area contributed by atoms with E-state index in [1.807, 2.05) is 30.3 Å². The molecule has 248 valence electrons. The Morgan fingerprint density at radius 3 is 2.43 bits per heavy atom. The first-order valence-corrected chi connectivity index (χ1v) is 16.2. The van der Waals surface area contributed by atoms with E-state index in [9.17, 15) is 19.5 Å². The van der Waals surface area contributed by atoms with Gasteiger partial charge in [-0.05, 0) is 49.8 Å². The maximum absolute atomic E-state index is 13.1. The molecule has 1 saturated heterocycles. The molecule has 5 rings (SSSR count). The van der Waals surface area contributed by atoms with Crippen molar-refractivity contribution >= 4 is 52.8 Å². The molecule has 3 heterocycles. The number of nitrogens with zero attached hydrogens (tertiary/aromatic N) is 4. The third-order valence-corrected chi connectivity index (χ3v) is 10.2. The van der Waals surface area contributed by atoms with Gasteiger partial charge in [0.25, 0.3) is 17.7 Å². The largest absolute Gasteiger partial charge is 0.509 e. The zero-order valence-corrected chi connectivity index (χ0v) is 28.1. The number of nitrogens with one attached hydrogen (secondary N) is 2. The lowest BCUT2D eigenvalue weighted by Gasteiger charge is -2.39. The molecule has 0 spiro atoms. The molecule has 4 N–H and O–H groups in total. The SMILES string of the molecule is CN1C(=O)C(C(=O)Nc2cccc(Sc3cnc(N4CCC(C)(CNC(=O)O)CC4)c(OCc4ccccc4)n3)c2Cl)=C(O)C1(C)C. The van der Waals surface area contributed by atoms with Gasteiger partial charge in [0, 0.05) is 31.6 Å². The predicted molar refractivity (Wildman–Crippen MR) is 179 cm³/mol. The zero-order chi connectivity index (χ0) is 33.9. The van der Waals surface area contributed by atoms with Crippen molar-refractivity contribution in [2.24, 2.45) is 5.41 Å². The minimum absolute atomic E-state index is 0.174. The summed E-state index contributed by atoms with van der Waals surface area (Å²) >= 11 is 7.97. The van der Waals surface area contributed by atoms with Crippen molar-refractivity contribution in [2.45, 2.75) is 55.7 Å². The molecule has 2 aromatic carbocycles. The lowest BCUT2D eigenvalue weighted by molar-refractivity contribution is -0.129. The van der Waals surface area contributed by atoms with E-state index in [0.29, 0.717) is 41.3 Å². The summed E-state index contributed by atoms with van der Waals surface area (Å²) in [6, 6.07) is 14.8. The van der Waals surface area contributed by atoms with Crippen LogP contribution in [0.3, 0.4) is 0 Å². The number of anilines is 2. The number of benzene rings is 2. The van der Waals surface area contributed by atoms with Crippen LogP contribution in [-0.4, -0.2) is 75.2 Å². The van der Waals surface area contributed by atoms with Gasteiger partial charge in [-0.1, -0.05) is 66.7 Å². The van der Waals surface area contributed by atoms with Crippen LogP contribution in [0.15, 0.2) is 76.0 Å². The van der Waals surface area contributed by atoms with Crippen molar-refractivity contribution < 1.29 is 29.3 Å². The number of likely N-dealkylation sites (N-methyl/N-ethyl adjacent to an activating group) is 1. The summed E-state index contributed by atoms with van der Waals surface area (Å²) in [6.07, 6.45) is 2.11. The average molecular weight is 681 g/mol. The first-order valence-electron chi connectivity index (χ1n) is 15.0. The Kier molecular flexibility index (Phi) is 9.87. The lowest BCUT2D eigenvalue weighted by atomic mass is 9.80. The smallest absolute Gasteiger partial charge is 0.404 e. The summed E-state index contributed by atoms with van der Waals surface area (Å²) in [7, 11) is 1.52. The Labute approximate surface area is 282 Å². The van der Waals surface area contributed by atoms with E-state index in [2.05, 4.69) is 22.5 Å². The van der Waals surface area contributed by atoms with Crippen LogP contribution < -0.4 is 20.3 Å². The molecular formula is C33H37ClN6O6S. The van der Waals surface area contributed by atoms with E-state index in [0.717, 1.165) is 18.4 Å². The van der Waals surface area contributed by atoms with Crippen LogP contribution in [-0.2, 0) is 16.2 Å². The standard InChI is InChI=1S/C33H37ClN6O6S/c1-32(2)26(41)24(30(43)39(32)4)28(42)37-21-11-8-12-22(25(21)34)47-23-17-35-27(29(38-23)46-18-20-9-6-5-7-10-20)40-15-13-33(3,14-16-40)19-36-31(44)45/h5-12,17,36,41H,13-16,18-19H2,1-4H3,(H,37,42)(H,44,45). The van der Waals surface area contributed by atoms with Crippen molar-refractivity contribution in [1.29, 1.82) is 0 Å². The van der Waals surface area contributed by atoms with Crippen molar-refractivity contribution in [2.75, 3.05) is 36.9 Å². The fraction of sp³-hybridized carbons (Fsp3) is 0.364. The lowest BCUT2D eigenvalue weighted by Crippen LogP contribution is -2.45. The number of hydrogen-bond donors (Lipinski definition) is 4. The van der Waals surface area contributed by atoms with Crippen molar-refractivity contribution in [1.82, 2.24) is 20.2 Å². The zero-order valence-electron chi connectivity index (χ0n) is 26.5. The van der Waals surface area contributed by atoms with Crippen molar-refractivity contribution in [3.05, 3.63) is 76.6 Å². The minimum atomic E-state index is -1.03. The van der Waals surface area contributed by atoms with Gasteiger partial charge >= 0.3 is 6.09 Å². The highest BCUT2D eigenvalue weighted by Gasteiger charge is 2.46. The molecule has 0 aliphatic carbocycles. The Bertz CT molecular complexity index is 1710. The molecule has 0 radical (unpaired) electrons. The van der Waals surface area contributed by atoms with Crippen LogP contribution in [0, 0.1) is 5.41 Å². The molecule has 2 aliphatic heterocycles. The summed E-state index contributed by atoms with van der Waals surface area (Å²) in [5, 5.41) is 25.6. The number of piperidine rings is 1. The molecule has 0 bridgehead atoms. The molecule has 2 aliphatic rings. The second kappa shape index (κ2) is 13.7. The van der Waals surface area contributed by atoms with Gasteiger partial charge in [-0.2, -0.15) is 0 Å². The molecule has 12 nitrogen and oxygen atoms in total. The third-order valence-electron chi connectivity index (χ3n) is 8.68. The molecule has 1 fully saturated rings. The Morgan fingerprint density at radius 2 is 1.79 bits per heavy atom. The molecule has 3 aromatic rings. The molecular weight excluding hydrogens is 644 g/mol. The fourth-order valence-corrected chi connectivity index (χ4v) is 6.43. The summed E-state index contributed by atoms with van der Waals surface area (Å²) in [5.74, 6) is -0.711. The van der Waals surface area contributed by atoms with Gasteiger partial charge < -0.3 is 35.4 Å². The van der Waals surface area contributed by atoms with E-state index < -0.39 is 23.4 Å². The first-order chi connectivity index (χ1) is 22.3. The number of hydrogen-bond acceptors (Lipinski definition) is 9. The van der Waals surface area contributed by atoms with Gasteiger partial charge in [0.2, 0.25) is 0 Å². The molecule has 0 saturated carbocycles. The first kappa shape index (κ1) is 33.9. The number of aliphatic hydroxyl groups is 1. The van der Waals surface area contributed by atoms with Crippen LogP contribution in [0.2, 0.25) is 5.02 Å². The van der Waals surface area contributed by atoms with E-state index in [1.54, 1.807) is 38.2 Å². The van der Waals surface area contributed by atoms with Crippen molar-refractivity contribution in [3.63, 3.8) is 0 Å². The normalized spacial score (nSPS) is 17.1. The minimum Gasteiger partial charge on any atom is -0.509 e. The van der Waals surface area contributed by atoms with Gasteiger partial charge in [0.05, 0.1) is 22.4 Å². The monoisotopic (exact) mass is 680 g/mol. The summed E-state index contributed by atoms with van der Waals surface area (Å²) < 4.78 is 6.22. The van der Waals surface area contributed by atoms with Gasteiger partial charge in [-0.25, -0.2) is 14.8 Å². The van der Waals surface area contributed by atoms with E-state index in [-0.39, 0.29) is 34.1 Å². The highest BCUT2D eigenvalue weighted by molar-refractivity contribution is 7.99. The highest BCUT2D eigenvalue weighted by Crippen LogP contribution is 2.40. The van der Waals surface area contributed by atoms with Crippen LogP contribution in [0.5, 0.6) is 5.88 Å². The number of ether oxygens (including phenoxy) is 1. The molecule has 0 atom stereocenters. The predicted octanol–water partition coefficient (Wildman–Crippen LogP) is 5.74. The van der Waals surface area contributed by atoms with E-state index >= 15 is 0 Å². The van der Waals surface area contributed by atoms with E-state index in [1.165, 1.54) is 23.7 Å². The quantitative estimate of drug-likeness (QED) is 0.195. The maximum atomic E-state index is 13.1. The highest BCUT2D eigenvalue weighted by atomic mass is 35.5. The maximum Gasteiger partial charge on any atom is 0.404 e. The Balaban J connectivity index is 1.36. The molecule has 3 amide bonds. The van der Waals surface area contributed by atoms with Crippen LogP contribution in [0.25, 0.3) is 0 Å². The Morgan fingerprint density at radius 1 is 1.09 bits per heavy atom. The van der Waals surface area contributed by atoms with Crippen LogP contribution in [0.1, 0.15) is 39.2 Å². The second-order valence-electron chi connectivity index (χ2n) is 12.4. The molecule has 14 heteroatoms. The molecule has 0 unspecified atom stereocenters. The fourth-order valence-electron chi connectivity index (χ4n) is 5.34. The van der Waals surface area contributed by atoms with Gasteiger partial charge in [0.1, 0.15) is 23.0 Å². The van der Waals surface area contributed by atoms with Gasteiger partial charge in [-0.15, -0.1) is 0 Å². The summed E-state index contributed by atoms with van der Waals surface area (Å²) in [5.41, 5.74) is -0.285. The Hall–Kier alpha value is -4.49. The topological polar surface area (TPSA) is 157 Å². The number of aliphatic hydroxyl groups excluding tert-OH is 1. The summed E-state index contributed by atoms with van der Waals surface area (Å²) in [6.45, 7) is 7.32. The molecule has 47 heavy (non-hydrogen) atoms. The number of carboxylic acid groups (broad SMARTS) is 1. The van der Waals surface area contributed by atoms with Crippen LogP contribution >= 0.6 is 23.4 Å². The second-order valence-corrected chi connectivity index (χ2v) is 13.8. The number of amides is 3. The van der Waals surface area contributed by atoms with Gasteiger partial charge in [-0.3, -0.25) is 9.59 Å². The van der Waals surface area contributed by atoms with Crippen molar-refractivity contribution in [3.8, 4) is 5.88 Å². The number of rotatable bonds is 10. The van der Waals surface area contributed by atoms with E-state index in [4.69, 9.17) is 31.4 Å². The van der Waals surface area contributed by atoms with Crippen LogP contribution in [0.4, 0.5) is 16.3 Å². The van der Waals surface area contributed by atoms with Gasteiger partial charge in [0.15, 0.2) is 5.82 Å². The number of halogens is 1. The molecule has 1 aromatic heterocycles.